The summed E-state index contributed by atoms with van der Waals surface area (Å²) in [6.45, 7) is 2.09. The number of piperidine rings is 1. The molecule has 3 amide bonds. The minimum atomic E-state index is -0.189. The summed E-state index contributed by atoms with van der Waals surface area (Å²) in [6.07, 6.45) is 1.62. The number of carbonyl (C=O) groups is 2. The predicted octanol–water partition coefficient (Wildman–Crippen LogP) is 4.89. The maximum atomic E-state index is 12.7. The van der Waals surface area contributed by atoms with Crippen molar-refractivity contribution in [1.82, 2.24) is 10.2 Å². The lowest BCUT2D eigenvalue weighted by molar-refractivity contribution is -0.126. The fourth-order valence-electron chi connectivity index (χ4n) is 3.69. The molecule has 2 N–H and O–H groups in total. The van der Waals surface area contributed by atoms with Gasteiger partial charge in [-0.05, 0) is 53.6 Å². The Hall–Kier alpha value is -3.32. The van der Waals surface area contributed by atoms with Crippen molar-refractivity contribution in [3.63, 3.8) is 0 Å². The maximum Gasteiger partial charge on any atom is 0.322 e. The van der Waals surface area contributed by atoms with Gasteiger partial charge in [0.15, 0.2) is 0 Å². The van der Waals surface area contributed by atoms with Crippen LogP contribution in [-0.2, 0) is 17.9 Å². The monoisotopic (exact) mass is 449 g/mol. The summed E-state index contributed by atoms with van der Waals surface area (Å²) in [6, 6.07) is 21.4. The van der Waals surface area contributed by atoms with Gasteiger partial charge in [0.1, 0.15) is 12.4 Å². The number of amides is 3. The van der Waals surface area contributed by atoms with E-state index in [0.29, 0.717) is 26.2 Å². The van der Waals surface area contributed by atoms with Gasteiger partial charge in [-0.2, -0.15) is 0 Å². The molecule has 1 saturated heterocycles. The molecule has 0 radical (unpaired) electrons. The van der Waals surface area contributed by atoms with Crippen LogP contribution < -0.4 is 15.4 Å². The second-order valence-corrected chi connectivity index (χ2v) is 8.78. The van der Waals surface area contributed by atoms with Crippen LogP contribution in [0.3, 0.4) is 0 Å². The molecule has 1 aromatic heterocycles. The molecule has 1 unspecified atom stereocenters. The van der Waals surface area contributed by atoms with Gasteiger partial charge in [0.05, 0.1) is 10.9 Å². The molecule has 3 aromatic rings. The highest BCUT2D eigenvalue weighted by Gasteiger charge is 2.28. The van der Waals surface area contributed by atoms with Gasteiger partial charge in [0, 0.05) is 19.6 Å². The third kappa shape index (κ3) is 6.11. The summed E-state index contributed by atoms with van der Waals surface area (Å²) in [5.41, 5.74) is 2.13. The minimum absolute atomic E-state index is 0.0111. The average Bonchev–Trinajstić information content (AvgIpc) is 3.35. The Morgan fingerprint density at radius 2 is 1.81 bits per heavy atom. The van der Waals surface area contributed by atoms with E-state index in [4.69, 9.17) is 4.74 Å². The van der Waals surface area contributed by atoms with Crippen molar-refractivity contribution >= 4 is 28.3 Å². The Morgan fingerprint density at radius 1 is 1.00 bits per heavy atom. The van der Waals surface area contributed by atoms with Gasteiger partial charge in [0.25, 0.3) is 0 Å². The third-order valence-electron chi connectivity index (χ3n) is 5.47. The second-order valence-electron chi connectivity index (χ2n) is 7.83. The zero-order valence-electron chi connectivity index (χ0n) is 17.8. The van der Waals surface area contributed by atoms with Crippen LogP contribution in [0.15, 0.2) is 72.1 Å². The van der Waals surface area contributed by atoms with Crippen LogP contribution in [0.4, 0.5) is 9.80 Å². The van der Waals surface area contributed by atoms with Gasteiger partial charge in [0.2, 0.25) is 5.91 Å². The number of hydrogen-bond donors (Lipinski definition) is 2. The number of urea groups is 1. The number of carbonyl (C=O) groups excluding carboxylic acids is 2. The number of hydrogen-bond acceptors (Lipinski definition) is 4. The predicted molar refractivity (Wildman–Crippen MR) is 127 cm³/mol. The Morgan fingerprint density at radius 3 is 2.56 bits per heavy atom. The number of nitrogens with one attached hydrogen (secondary N) is 2. The van der Waals surface area contributed by atoms with Crippen molar-refractivity contribution in [3.05, 3.63) is 83.2 Å². The maximum absolute atomic E-state index is 12.7. The van der Waals surface area contributed by atoms with Crippen molar-refractivity contribution in [3.8, 4) is 5.75 Å². The zero-order chi connectivity index (χ0) is 22.2. The van der Waals surface area contributed by atoms with E-state index in [9.17, 15) is 9.59 Å². The van der Waals surface area contributed by atoms with E-state index < -0.39 is 0 Å². The summed E-state index contributed by atoms with van der Waals surface area (Å²) in [5, 5.41) is 8.65. The van der Waals surface area contributed by atoms with Crippen molar-refractivity contribution in [1.29, 1.82) is 0 Å². The first-order chi connectivity index (χ1) is 15.7. The Bertz CT molecular complexity index is 1010. The topological polar surface area (TPSA) is 70.7 Å². The van der Waals surface area contributed by atoms with E-state index in [1.54, 1.807) is 4.90 Å². The number of likely N-dealkylation sites (tertiary alicyclic amines) is 1. The third-order valence-corrected chi connectivity index (χ3v) is 6.25. The molecular formula is C25H27N3O3S. The van der Waals surface area contributed by atoms with Crippen LogP contribution in [0.2, 0.25) is 0 Å². The number of thiophene rings is 1. The summed E-state index contributed by atoms with van der Waals surface area (Å²) in [5.74, 6) is 0.595. The van der Waals surface area contributed by atoms with Gasteiger partial charge >= 0.3 is 6.03 Å². The van der Waals surface area contributed by atoms with Gasteiger partial charge in [-0.25, -0.2) is 4.79 Å². The highest BCUT2D eigenvalue weighted by molar-refractivity contribution is 7.14. The second kappa shape index (κ2) is 10.8. The fraction of sp³-hybridized carbons (Fsp3) is 0.280. The Balaban J connectivity index is 1.22. The van der Waals surface area contributed by atoms with Crippen LogP contribution in [0, 0.1) is 5.92 Å². The highest BCUT2D eigenvalue weighted by atomic mass is 32.1. The summed E-state index contributed by atoms with van der Waals surface area (Å²) >= 11 is 1.48. The number of ether oxygens (including phenoxy) is 1. The largest absolute Gasteiger partial charge is 0.489 e. The van der Waals surface area contributed by atoms with E-state index in [2.05, 4.69) is 10.6 Å². The molecule has 4 rings (SSSR count). The van der Waals surface area contributed by atoms with E-state index >= 15 is 0 Å². The Kier molecular flexibility index (Phi) is 7.40. The molecule has 1 atom stereocenters. The first kappa shape index (κ1) is 21.9. The van der Waals surface area contributed by atoms with E-state index in [0.717, 1.165) is 34.7 Å². The van der Waals surface area contributed by atoms with Crippen molar-refractivity contribution < 1.29 is 14.3 Å². The van der Waals surface area contributed by atoms with Crippen LogP contribution in [0.25, 0.3) is 0 Å². The molecule has 32 heavy (non-hydrogen) atoms. The molecule has 0 bridgehead atoms. The number of anilines is 1. The van der Waals surface area contributed by atoms with Crippen LogP contribution in [0.1, 0.15) is 24.0 Å². The molecule has 1 aliphatic rings. The number of rotatable bonds is 7. The lowest BCUT2D eigenvalue weighted by Gasteiger charge is -2.31. The number of nitrogens with zero attached hydrogens (tertiary/aromatic N) is 1. The molecule has 2 aromatic carbocycles. The zero-order valence-corrected chi connectivity index (χ0v) is 18.6. The molecule has 0 saturated carbocycles. The molecule has 7 heteroatoms. The molecule has 0 spiro atoms. The first-order valence-electron chi connectivity index (χ1n) is 10.8. The van der Waals surface area contributed by atoms with E-state index in [1.165, 1.54) is 11.3 Å². The van der Waals surface area contributed by atoms with Crippen molar-refractivity contribution in [2.75, 3.05) is 18.4 Å². The quantitative estimate of drug-likeness (QED) is 0.540. The first-order valence-corrected chi connectivity index (χ1v) is 11.7. The highest BCUT2D eigenvalue weighted by Crippen LogP contribution is 2.20. The Labute approximate surface area is 192 Å². The molecule has 166 valence electrons. The fourth-order valence-corrected chi connectivity index (χ4v) is 4.29. The SMILES string of the molecule is O=C(NCc1ccc(OCc2ccccc2)cc1)C1CCCN(C(=O)Nc2cccs2)C1. The minimum Gasteiger partial charge on any atom is -0.489 e. The molecule has 0 aliphatic carbocycles. The molecule has 6 nitrogen and oxygen atoms in total. The summed E-state index contributed by atoms with van der Waals surface area (Å²) in [4.78, 5) is 26.9. The van der Waals surface area contributed by atoms with Crippen LogP contribution in [0.5, 0.6) is 5.75 Å². The van der Waals surface area contributed by atoms with Crippen LogP contribution in [-0.4, -0.2) is 29.9 Å². The van der Waals surface area contributed by atoms with Gasteiger partial charge in [-0.3, -0.25) is 10.1 Å². The normalized spacial score (nSPS) is 15.8. The van der Waals surface area contributed by atoms with E-state index in [-0.39, 0.29) is 17.9 Å². The molecule has 2 heterocycles. The van der Waals surface area contributed by atoms with Gasteiger partial charge in [-0.1, -0.05) is 42.5 Å². The van der Waals surface area contributed by atoms with Crippen molar-refractivity contribution in [2.24, 2.45) is 5.92 Å². The van der Waals surface area contributed by atoms with Gasteiger partial charge in [-0.15, -0.1) is 11.3 Å². The van der Waals surface area contributed by atoms with Crippen LogP contribution >= 0.6 is 11.3 Å². The van der Waals surface area contributed by atoms with Gasteiger partial charge < -0.3 is 15.0 Å². The lowest BCUT2D eigenvalue weighted by Crippen LogP contribution is -2.46. The standard InChI is InChI=1S/C25H27N3O3S/c29-24(21-8-4-14-28(17-21)25(30)27-23-9-5-15-32-23)26-16-19-10-12-22(13-11-19)31-18-20-6-2-1-3-7-20/h1-3,5-7,9-13,15,21H,4,8,14,16-18H2,(H,26,29)(H,27,30). The molecule has 1 fully saturated rings. The molecule has 1 aliphatic heterocycles. The lowest BCUT2D eigenvalue weighted by atomic mass is 9.97. The van der Waals surface area contributed by atoms with Crippen molar-refractivity contribution in [2.45, 2.75) is 26.0 Å². The molecular weight excluding hydrogens is 422 g/mol. The van der Waals surface area contributed by atoms with E-state index in [1.807, 2.05) is 72.1 Å². The smallest absolute Gasteiger partial charge is 0.322 e. The summed E-state index contributed by atoms with van der Waals surface area (Å²) in [7, 11) is 0. The summed E-state index contributed by atoms with van der Waals surface area (Å²) < 4.78 is 5.81. The number of benzene rings is 2. The average molecular weight is 450 g/mol.